The summed E-state index contributed by atoms with van der Waals surface area (Å²) < 4.78 is 0. The van der Waals surface area contributed by atoms with E-state index < -0.39 is 0 Å². The van der Waals surface area contributed by atoms with Crippen molar-refractivity contribution in [3.8, 4) is 0 Å². The second kappa shape index (κ2) is 8.44. The van der Waals surface area contributed by atoms with Gasteiger partial charge in [-0.05, 0) is 105 Å². The zero-order valence-corrected chi connectivity index (χ0v) is 22.1. The average molecular weight is 439 g/mol. The van der Waals surface area contributed by atoms with Gasteiger partial charge in [0.25, 0.3) is 0 Å². The van der Waals surface area contributed by atoms with Crippen molar-refractivity contribution in [2.24, 2.45) is 51.8 Å². The van der Waals surface area contributed by atoms with E-state index in [0.717, 1.165) is 36.5 Å². The molecule has 0 amide bonds. The molecule has 0 radical (unpaired) electrons. The van der Waals surface area contributed by atoms with Gasteiger partial charge in [-0.3, -0.25) is 0 Å². The quantitative estimate of drug-likeness (QED) is 0.427. The molecule has 1 heteroatoms. The molecule has 1 nitrogen and oxygen atoms in total. The average Bonchev–Trinajstić information content (AvgIpc) is 3.09. The van der Waals surface area contributed by atoms with Gasteiger partial charge in [0.05, 0.1) is 6.10 Å². The minimum absolute atomic E-state index is 0.0928. The van der Waals surface area contributed by atoms with Crippen LogP contribution < -0.4 is 0 Å². The zero-order chi connectivity index (χ0) is 23.5. The Labute approximate surface area is 198 Å². The number of fused-ring (bicyclic) bond motifs is 5. The molecule has 4 aliphatic carbocycles. The van der Waals surface area contributed by atoms with Gasteiger partial charge in [0, 0.05) is 5.41 Å². The summed E-state index contributed by atoms with van der Waals surface area (Å²) in [7, 11) is 0. The van der Waals surface area contributed by atoms with Crippen molar-refractivity contribution in [1.82, 2.24) is 0 Å². The summed E-state index contributed by atoms with van der Waals surface area (Å²) in [5, 5.41) is 10.3. The Morgan fingerprint density at radius 2 is 1.84 bits per heavy atom. The Morgan fingerprint density at radius 1 is 1.12 bits per heavy atom. The third-order valence-corrected chi connectivity index (χ3v) is 11.7. The normalized spacial score (nSPS) is 44.4. The lowest BCUT2D eigenvalue weighted by Crippen LogP contribution is -2.50. The van der Waals surface area contributed by atoms with E-state index in [1.165, 1.54) is 44.1 Å². The standard InChI is InChI=1S/C31H50O/c1-20(2)29(6,21(3)4)16-13-22(5)26-11-12-27-25-10-9-23-19-24(32)14-17-30(23,7)28(25)15-18-31(26,27)8/h9,13,16,21-22,24-28,32H,1,10-12,14-15,17-19H2,2-8H3/b16-13+/t22-,24+,25+,26-,27+,28+,29+,30+,31-/m1/s1. The molecule has 4 rings (SSSR count). The molecule has 0 saturated heterocycles. The van der Waals surface area contributed by atoms with Crippen molar-refractivity contribution in [2.75, 3.05) is 0 Å². The van der Waals surface area contributed by atoms with E-state index in [4.69, 9.17) is 0 Å². The molecule has 180 valence electrons. The third kappa shape index (κ3) is 3.70. The third-order valence-electron chi connectivity index (χ3n) is 11.7. The van der Waals surface area contributed by atoms with Crippen LogP contribution in [0, 0.1) is 51.8 Å². The van der Waals surface area contributed by atoms with E-state index in [1.807, 2.05) is 0 Å². The van der Waals surface area contributed by atoms with Gasteiger partial charge in [-0.15, -0.1) is 0 Å². The molecule has 4 aliphatic rings. The summed E-state index contributed by atoms with van der Waals surface area (Å²) in [6, 6.07) is 0. The van der Waals surface area contributed by atoms with Gasteiger partial charge in [-0.1, -0.05) is 77.5 Å². The van der Waals surface area contributed by atoms with Gasteiger partial charge in [0.2, 0.25) is 0 Å². The SMILES string of the molecule is C=C(C)[C@](C)(/C=C/[C@@H](C)[C@H]1CC[C@H]2[C@@H]3CC=C4C[C@@H](O)CC[C@]4(C)[C@H]3CC[C@]12C)C(C)C. The van der Waals surface area contributed by atoms with Gasteiger partial charge >= 0.3 is 0 Å². The molecule has 9 atom stereocenters. The maximum Gasteiger partial charge on any atom is 0.0577 e. The molecule has 1 N–H and O–H groups in total. The summed E-state index contributed by atoms with van der Waals surface area (Å²) in [5.74, 6) is 4.58. The summed E-state index contributed by atoms with van der Waals surface area (Å²) in [4.78, 5) is 0. The molecule has 0 aromatic carbocycles. The molecule has 0 aromatic rings. The van der Waals surface area contributed by atoms with Crippen LogP contribution in [0.3, 0.4) is 0 Å². The first-order chi connectivity index (χ1) is 14.9. The van der Waals surface area contributed by atoms with Gasteiger partial charge in [0.15, 0.2) is 0 Å². The van der Waals surface area contributed by atoms with E-state index in [0.29, 0.717) is 22.7 Å². The lowest BCUT2D eigenvalue weighted by Gasteiger charge is -2.58. The van der Waals surface area contributed by atoms with E-state index in [2.05, 4.69) is 73.3 Å². The first-order valence-electron chi connectivity index (χ1n) is 13.7. The van der Waals surface area contributed by atoms with Crippen LogP contribution in [0.25, 0.3) is 0 Å². The van der Waals surface area contributed by atoms with Gasteiger partial charge in [0.1, 0.15) is 0 Å². The Kier molecular flexibility index (Phi) is 6.41. The molecule has 0 aromatic heterocycles. The summed E-state index contributed by atoms with van der Waals surface area (Å²) in [6.45, 7) is 21.2. The van der Waals surface area contributed by atoms with Gasteiger partial charge < -0.3 is 5.11 Å². The first-order valence-corrected chi connectivity index (χ1v) is 13.7. The Morgan fingerprint density at radius 3 is 2.50 bits per heavy atom. The minimum atomic E-state index is -0.0982. The van der Waals surface area contributed by atoms with Crippen molar-refractivity contribution in [2.45, 2.75) is 106 Å². The Balaban J connectivity index is 1.54. The molecular weight excluding hydrogens is 388 g/mol. The van der Waals surface area contributed by atoms with Crippen molar-refractivity contribution in [3.63, 3.8) is 0 Å². The van der Waals surface area contributed by atoms with Crippen molar-refractivity contribution in [1.29, 1.82) is 0 Å². The Bertz CT molecular complexity index is 788. The summed E-state index contributed by atoms with van der Waals surface area (Å²) in [6.07, 6.45) is 17.5. The number of aliphatic hydroxyl groups is 1. The highest BCUT2D eigenvalue weighted by Crippen LogP contribution is 2.67. The fourth-order valence-electron chi connectivity index (χ4n) is 8.86. The van der Waals surface area contributed by atoms with Crippen molar-refractivity contribution in [3.05, 3.63) is 36.0 Å². The van der Waals surface area contributed by atoms with Crippen molar-refractivity contribution >= 4 is 0 Å². The number of hydrogen-bond acceptors (Lipinski definition) is 1. The van der Waals surface area contributed by atoms with Gasteiger partial charge in [-0.25, -0.2) is 0 Å². The summed E-state index contributed by atoms with van der Waals surface area (Å²) in [5.41, 5.74) is 3.81. The highest BCUT2D eigenvalue weighted by atomic mass is 16.3. The fraction of sp³-hybridized carbons (Fsp3) is 0.806. The van der Waals surface area contributed by atoms with Crippen LogP contribution in [0.5, 0.6) is 0 Å². The second-order valence-corrected chi connectivity index (χ2v) is 13.3. The topological polar surface area (TPSA) is 20.2 Å². The maximum absolute atomic E-state index is 10.3. The Hall–Kier alpha value is -0.820. The predicted molar refractivity (Wildman–Crippen MR) is 137 cm³/mol. The van der Waals surface area contributed by atoms with Crippen LogP contribution in [0.1, 0.15) is 99.8 Å². The molecular formula is C31H50O. The molecule has 3 fully saturated rings. The number of allylic oxidation sites excluding steroid dienone is 4. The van der Waals surface area contributed by atoms with E-state index in [1.54, 1.807) is 5.57 Å². The van der Waals surface area contributed by atoms with Crippen LogP contribution in [0.15, 0.2) is 36.0 Å². The van der Waals surface area contributed by atoms with Crippen molar-refractivity contribution < 1.29 is 5.11 Å². The number of rotatable bonds is 5. The smallest absolute Gasteiger partial charge is 0.0577 e. The molecule has 0 unspecified atom stereocenters. The van der Waals surface area contributed by atoms with Gasteiger partial charge in [-0.2, -0.15) is 0 Å². The fourth-order valence-corrected chi connectivity index (χ4v) is 8.86. The van der Waals surface area contributed by atoms with Crippen LogP contribution in [0.2, 0.25) is 0 Å². The van der Waals surface area contributed by atoms with Crippen LogP contribution in [-0.4, -0.2) is 11.2 Å². The summed E-state index contributed by atoms with van der Waals surface area (Å²) >= 11 is 0. The highest BCUT2D eigenvalue weighted by molar-refractivity contribution is 5.26. The lowest BCUT2D eigenvalue weighted by atomic mass is 9.47. The molecule has 0 heterocycles. The highest BCUT2D eigenvalue weighted by Gasteiger charge is 2.59. The van der Waals surface area contributed by atoms with E-state index in [-0.39, 0.29) is 11.5 Å². The number of hydrogen-bond donors (Lipinski definition) is 1. The molecule has 32 heavy (non-hydrogen) atoms. The maximum atomic E-state index is 10.3. The van der Waals surface area contributed by atoms with E-state index in [9.17, 15) is 5.11 Å². The molecule has 0 bridgehead atoms. The molecule has 0 spiro atoms. The second-order valence-electron chi connectivity index (χ2n) is 13.3. The zero-order valence-electron chi connectivity index (χ0n) is 22.1. The molecule has 3 saturated carbocycles. The van der Waals surface area contributed by atoms with Crippen LogP contribution >= 0.6 is 0 Å². The largest absolute Gasteiger partial charge is 0.393 e. The predicted octanol–water partition coefficient (Wildman–Crippen LogP) is 8.36. The van der Waals surface area contributed by atoms with Crippen LogP contribution in [0.4, 0.5) is 0 Å². The lowest BCUT2D eigenvalue weighted by molar-refractivity contribution is -0.0541. The monoisotopic (exact) mass is 438 g/mol. The van der Waals surface area contributed by atoms with Crippen LogP contribution in [-0.2, 0) is 0 Å². The first kappa shape index (κ1) is 24.3. The molecule has 0 aliphatic heterocycles. The number of aliphatic hydroxyl groups excluding tert-OH is 1. The van der Waals surface area contributed by atoms with E-state index >= 15 is 0 Å². The minimum Gasteiger partial charge on any atom is -0.393 e.